The normalized spacial score (nSPS) is 11.0. The largest absolute Gasteiger partial charge is 0.491 e. The predicted molar refractivity (Wildman–Crippen MR) is 110 cm³/mol. The predicted octanol–water partition coefficient (Wildman–Crippen LogP) is 3.62. The first-order valence-corrected chi connectivity index (χ1v) is 9.40. The zero-order valence-corrected chi connectivity index (χ0v) is 17.1. The van der Waals surface area contributed by atoms with Crippen LogP contribution in [0.15, 0.2) is 52.5 Å². The molecule has 0 aliphatic heterocycles. The second-order valence-electron chi connectivity index (χ2n) is 5.84. The first kappa shape index (κ1) is 21.5. The van der Waals surface area contributed by atoms with Gasteiger partial charge in [-0.25, -0.2) is 0 Å². The summed E-state index contributed by atoms with van der Waals surface area (Å²) in [4.78, 5) is 11.3. The number of aryl methyl sites for hydroxylation is 1. The molecule has 0 aliphatic carbocycles. The van der Waals surface area contributed by atoms with E-state index in [0.717, 1.165) is 10.2 Å². The number of rotatable bonds is 10. The van der Waals surface area contributed by atoms with Gasteiger partial charge in [0.15, 0.2) is 0 Å². The molecule has 0 saturated carbocycles. The van der Waals surface area contributed by atoms with Gasteiger partial charge in [-0.15, -0.1) is 0 Å². The third-order valence-electron chi connectivity index (χ3n) is 3.66. The lowest BCUT2D eigenvalue weighted by molar-refractivity contribution is -0.114. The number of carbonyl (C=O) groups excluding carboxylic acids is 1. The maximum Gasteiger partial charge on any atom is 0.259 e. The van der Waals surface area contributed by atoms with Gasteiger partial charge in [0.2, 0.25) is 0 Å². The van der Waals surface area contributed by atoms with E-state index in [4.69, 9.17) is 25.2 Å². The zero-order chi connectivity index (χ0) is 20.4. The summed E-state index contributed by atoms with van der Waals surface area (Å²) >= 11 is 3.36. The van der Waals surface area contributed by atoms with E-state index in [1.807, 2.05) is 31.2 Å². The number of primary amides is 1. The number of ether oxygens (including phenoxy) is 3. The second-order valence-corrected chi connectivity index (χ2v) is 6.75. The topological polar surface area (TPSA) is 94.6 Å². The average molecular weight is 445 g/mol. The highest BCUT2D eigenvalue weighted by Crippen LogP contribution is 2.25. The third-order valence-corrected chi connectivity index (χ3v) is 4.15. The molecule has 0 atom stereocenters. The molecule has 0 aliphatic rings. The lowest BCUT2D eigenvalue weighted by Crippen LogP contribution is -2.13. The van der Waals surface area contributed by atoms with Crippen LogP contribution in [0.2, 0.25) is 0 Å². The van der Waals surface area contributed by atoms with E-state index >= 15 is 0 Å². The molecule has 0 spiro atoms. The Morgan fingerprint density at radius 3 is 2.43 bits per heavy atom. The molecule has 2 aromatic carbocycles. The Labute approximate surface area is 172 Å². The minimum Gasteiger partial charge on any atom is -0.491 e. The number of halogens is 1. The lowest BCUT2D eigenvalue weighted by atomic mass is 10.1. The molecule has 2 rings (SSSR count). The Bertz CT molecular complexity index is 873. The van der Waals surface area contributed by atoms with E-state index in [2.05, 4.69) is 15.9 Å². The van der Waals surface area contributed by atoms with E-state index in [0.29, 0.717) is 37.7 Å². The van der Waals surface area contributed by atoms with Crippen molar-refractivity contribution >= 4 is 27.9 Å². The van der Waals surface area contributed by atoms with Crippen LogP contribution in [0.25, 0.3) is 6.08 Å². The van der Waals surface area contributed by atoms with Gasteiger partial charge in [-0.2, -0.15) is 5.26 Å². The molecule has 0 saturated heterocycles. The van der Waals surface area contributed by atoms with Gasteiger partial charge in [-0.1, -0.05) is 33.6 Å². The van der Waals surface area contributed by atoms with Crippen LogP contribution in [0, 0.1) is 18.3 Å². The Morgan fingerprint density at radius 2 is 1.79 bits per heavy atom. The van der Waals surface area contributed by atoms with Crippen LogP contribution in [0.1, 0.15) is 11.1 Å². The summed E-state index contributed by atoms with van der Waals surface area (Å²) in [6, 6.07) is 14.9. The third kappa shape index (κ3) is 7.06. The van der Waals surface area contributed by atoms with Crippen molar-refractivity contribution < 1.29 is 19.0 Å². The highest BCUT2D eigenvalue weighted by Gasteiger charge is 2.08. The van der Waals surface area contributed by atoms with Gasteiger partial charge in [-0.05, 0) is 43.3 Å². The molecule has 0 fully saturated rings. The molecule has 0 bridgehead atoms. The summed E-state index contributed by atoms with van der Waals surface area (Å²) in [6.45, 7) is 3.58. The fourth-order valence-corrected chi connectivity index (χ4v) is 2.62. The molecule has 146 valence electrons. The van der Waals surface area contributed by atoms with Gasteiger partial charge < -0.3 is 19.9 Å². The standard InChI is InChI=1S/C21H21BrN2O4/c1-15-2-5-19(6-3-15)27-10-8-26-9-11-28-20-7-4-18(22)13-16(20)12-17(14-23)21(24)25/h2-7,12-13H,8-11H2,1H3,(H2,24,25). The fraction of sp³-hybridized carbons (Fsp3) is 0.238. The molecule has 0 unspecified atom stereocenters. The van der Waals surface area contributed by atoms with E-state index in [1.54, 1.807) is 24.3 Å². The van der Waals surface area contributed by atoms with Gasteiger partial charge in [0, 0.05) is 10.0 Å². The van der Waals surface area contributed by atoms with Crippen molar-refractivity contribution in [2.45, 2.75) is 6.92 Å². The number of nitrogens with zero attached hydrogens (tertiary/aromatic N) is 1. The highest BCUT2D eigenvalue weighted by atomic mass is 79.9. The molecule has 2 N–H and O–H groups in total. The quantitative estimate of drug-likeness (QED) is 0.343. The molecular weight excluding hydrogens is 424 g/mol. The van der Waals surface area contributed by atoms with Gasteiger partial charge in [0.25, 0.3) is 5.91 Å². The number of benzene rings is 2. The van der Waals surface area contributed by atoms with Gasteiger partial charge in [0.05, 0.1) is 13.2 Å². The summed E-state index contributed by atoms with van der Waals surface area (Å²) < 4.78 is 17.6. The van der Waals surface area contributed by atoms with E-state index in [9.17, 15) is 4.79 Å². The fourth-order valence-electron chi connectivity index (χ4n) is 2.24. The van der Waals surface area contributed by atoms with Crippen LogP contribution in [0.5, 0.6) is 11.5 Å². The second kappa shape index (κ2) is 11.1. The van der Waals surface area contributed by atoms with Crippen molar-refractivity contribution in [2.24, 2.45) is 5.73 Å². The van der Waals surface area contributed by atoms with Crippen molar-refractivity contribution in [3.63, 3.8) is 0 Å². The van der Waals surface area contributed by atoms with E-state index in [-0.39, 0.29) is 5.57 Å². The van der Waals surface area contributed by atoms with Crippen LogP contribution in [0.4, 0.5) is 0 Å². The Morgan fingerprint density at radius 1 is 1.11 bits per heavy atom. The molecular formula is C21H21BrN2O4. The molecule has 6 nitrogen and oxygen atoms in total. The summed E-state index contributed by atoms with van der Waals surface area (Å²) in [5.41, 5.74) is 6.80. The first-order chi connectivity index (χ1) is 13.5. The van der Waals surface area contributed by atoms with Gasteiger partial charge >= 0.3 is 0 Å². The number of amides is 1. The highest BCUT2D eigenvalue weighted by molar-refractivity contribution is 9.10. The Balaban J connectivity index is 1.79. The first-order valence-electron chi connectivity index (χ1n) is 8.61. The molecule has 0 radical (unpaired) electrons. The molecule has 7 heteroatoms. The summed E-state index contributed by atoms with van der Waals surface area (Å²) in [6.07, 6.45) is 1.40. The van der Waals surface area contributed by atoms with Gasteiger partial charge in [0.1, 0.15) is 36.4 Å². The number of nitriles is 1. The number of nitrogens with two attached hydrogens (primary N) is 1. The van der Waals surface area contributed by atoms with Crippen LogP contribution in [-0.4, -0.2) is 32.3 Å². The lowest BCUT2D eigenvalue weighted by Gasteiger charge is -2.11. The van der Waals surface area contributed by atoms with Crippen molar-refractivity contribution in [3.05, 3.63) is 63.6 Å². The Hall–Kier alpha value is -2.82. The minimum atomic E-state index is -0.787. The monoisotopic (exact) mass is 444 g/mol. The van der Waals surface area contributed by atoms with Gasteiger partial charge in [-0.3, -0.25) is 4.79 Å². The maximum absolute atomic E-state index is 11.3. The summed E-state index contributed by atoms with van der Waals surface area (Å²) in [5.74, 6) is 0.543. The van der Waals surface area contributed by atoms with Crippen molar-refractivity contribution in [1.82, 2.24) is 0 Å². The molecule has 28 heavy (non-hydrogen) atoms. The van der Waals surface area contributed by atoms with Crippen molar-refractivity contribution in [1.29, 1.82) is 5.26 Å². The molecule has 0 aromatic heterocycles. The van der Waals surface area contributed by atoms with Crippen molar-refractivity contribution in [3.8, 4) is 17.6 Å². The van der Waals surface area contributed by atoms with Crippen LogP contribution >= 0.6 is 15.9 Å². The van der Waals surface area contributed by atoms with Crippen LogP contribution in [-0.2, 0) is 9.53 Å². The van der Waals surface area contributed by atoms with E-state index < -0.39 is 5.91 Å². The molecule has 1 amide bonds. The van der Waals surface area contributed by atoms with Crippen LogP contribution in [0.3, 0.4) is 0 Å². The Kier molecular flexibility index (Phi) is 8.53. The SMILES string of the molecule is Cc1ccc(OCCOCCOc2ccc(Br)cc2C=C(C#N)C(N)=O)cc1. The number of carbonyl (C=O) groups is 1. The molecule has 2 aromatic rings. The maximum atomic E-state index is 11.3. The van der Waals surface area contributed by atoms with Crippen molar-refractivity contribution in [2.75, 3.05) is 26.4 Å². The molecule has 0 heterocycles. The number of hydrogen-bond acceptors (Lipinski definition) is 5. The summed E-state index contributed by atoms with van der Waals surface area (Å²) in [5, 5.41) is 9.01. The van der Waals surface area contributed by atoms with Crippen LogP contribution < -0.4 is 15.2 Å². The number of hydrogen-bond donors (Lipinski definition) is 1. The smallest absolute Gasteiger partial charge is 0.259 e. The summed E-state index contributed by atoms with van der Waals surface area (Å²) in [7, 11) is 0. The minimum absolute atomic E-state index is 0.146. The average Bonchev–Trinajstić information content (AvgIpc) is 2.67. The van der Waals surface area contributed by atoms with E-state index in [1.165, 1.54) is 11.6 Å². The zero-order valence-electron chi connectivity index (χ0n) is 15.5.